The van der Waals surface area contributed by atoms with Crippen LogP contribution >= 0.6 is 15.9 Å². The van der Waals surface area contributed by atoms with Crippen molar-refractivity contribution in [1.82, 2.24) is 24.2 Å². The molecule has 0 saturated heterocycles. The Balaban J connectivity index is 1.64. The fraction of sp³-hybridized carbons (Fsp3) is 0.136. The summed E-state index contributed by atoms with van der Waals surface area (Å²) in [6, 6.07) is 12.2. The standard InChI is InChI=1S/C22H22BrN7O3S/c1-14-25-10-11-30(14)15-8-9-17(19(12-15)33-3)28-22-26-13-16(23)21(29-22)27-18-6-4-5-7-20(18)34(31,32)24-2/h4-13,24H,1-3H3,(H2,26,27,28,29). The highest BCUT2D eigenvalue weighted by Crippen LogP contribution is 2.32. The molecular weight excluding hydrogens is 522 g/mol. The largest absolute Gasteiger partial charge is 0.494 e. The molecule has 0 spiro atoms. The van der Waals surface area contributed by atoms with E-state index in [2.05, 4.69) is 46.2 Å². The van der Waals surface area contributed by atoms with Gasteiger partial charge in [0.25, 0.3) is 0 Å². The van der Waals surface area contributed by atoms with E-state index < -0.39 is 10.0 Å². The zero-order chi connectivity index (χ0) is 24.3. The van der Waals surface area contributed by atoms with Gasteiger partial charge in [-0.15, -0.1) is 0 Å². The predicted molar refractivity (Wildman–Crippen MR) is 134 cm³/mol. The van der Waals surface area contributed by atoms with Crippen LogP contribution in [-0.4, -0.2) is 42.1 Å². The van der Waals surface area contributed by atoms with Crippen LogP contribution in [-0.2, 0) is 10.0 Å². The molecule has 0 aliphatic rings. The van der Waals surface area contributed by atoms with Gasteiger partial charge in [0.15, 0.2) is 0 Å². The number of sulfonamides is 1. The molecule has 34 heavy (non-hydrogen) atoms. The molecule has 2 aromatic heterocycles. The Kier molecular flexibility index (Phi) is 6.82. The molecule has 4 rings (SSSR count). The predicted octanol–water partition coefficient (Wildman–Crippen LogP) is 4.14. The highest BCUT2D eigenvalue weighted by Gasteiger charge is 2.18. The van der Waals surface area contributed by atoms with Gasteiger partial charge in [0.1, 0.15) is 22.3 Å². The van der Waals surface area contributed by atoms with Gasteiger partial charge in [-0.25, -0.2) is 23.1 Å². The van der Waals surface area contributed by atoms with Crippen molar-refractivity contribution in [2.24, 2.45) is 0 Å². The molecule has 0 bridgehead atoms. The maximum Gasteiger partial charge on any atom is 0.242 e. The topological polar surface area (TPSA) is 123 Å². The lowest BCUT2D eigenvalue weighted by Gasteiger charge is -2.15. The number of ether oxygens (including phenoxy) is 1. The average Bonchev–Trinajstić information content (AvgIpc) is 3.27. The first-order valence-corrected chi connectivity index (χ1v) is 12.4. The molecule has 10 nitrogen and oxygen atoms in total. The number of methoxy groups -OCH3 is 1. The van der Waals surface area contributed by atoms with Crippen LogP contribution in [0.2, 0.25) is 0 Å². The van der Waals surface area contributed by atoms with E-state index in [-0.39, 0.29) is 4.90 Å². The molecule has 4 aromatic rings. The minimum absolute atomic E-state index is 0.101. The van der Waals surface area contributed by atoms with Crippen molar-refractivity contribution in [2.45, 2.75) is 11.8 Å². The van der Waals surface area contributed by atoms with Crippen LogP contribution in [0.5, 0.6) is 5.75 Å². The van der Waals surface area contributed by atoms with E-state index in [0.29, 0.717) is 33.4 Å². The van der Waals surface area contributed by atoms with Crippen molar-refractivity contribution in [3.63, 3.8) is 0 Å². The number of nitrogens with one attached hydrogen (secondary N) is 3. The fourth-order valence-electron chi connectivity index (χ4n) is 3.26. The van der Waals surface area contributed by atoms with Crippen LogP contribution in [0.25, 0.3) is 5.69 Å². The van der Waals surface area contributed by atoms with Gasteiger partial charge >= 0.3 is 0 Å². The average molecular weight is 544 g/mol. The Bertz CT molecular complexity index is 1440. The van der Waals surface area contributed by atoms with Crippen LogP contribution in [0.4, 0.5) is 23.1 Å². The maximum absolute atomic E-state index is 12.4. The Morgan fingerprint density at radius 2 is 1.85 bits per heavy atom. The molecule has 0 amide bonds. The summed E-state index contributed by atoms with van der Waals surface area (Å²) in [5, 5.41) is 6.23. The van der Waals surface area contributed by atoms with Gasteiger partial charge in [-0.05, 0) is 54.2 Å². The van der Waals surface area contributed by atoms with Crippen LogP contribution in [0.15, 0.2) is 70.4 Å². The summed E-state index contributed by atoms with van der Waals surface area (Å²) < 4.78 is 35.2. The molecule has 0 atom stereocenters. The molecular formula is C22H22BrN7O3S. The molecule has 12 heteroatoms. The summed E-state index contributed by atoms with van der Waals surface area (Å²) in [5.41, 5.74) is 1.94. The second-order valence-electron chi connectivity index (χ2n) is 7.07. The van der Waals surface area contributed by atoms with Crippen LogP contribution in [0, 0.1) is 6.92 Å². The number of anilines is 4. The molecule has 0 unspecified atom stereocenters. The monoisotopic (exact) mass is 543 g/mol. The first kappa shape index (κ1) is 23.7. The number of aryl methyl sites for hydroxylation is 1. The number of nitrogens with zero attached hydrogens (tertiary/aromatic N) is 4. The third kappa shape index (κ3) is 4.88. The Labute approximate surface area is 205 Å². The highest BCUT2D eigenvalue weighted by molar-refractivity contribution is 9.10. The number of halogens is 1. The minimum atomic E-state index is -3.67. The molecule has 2 heterocycles. The smallest absolute Gasteiger partial charge is 0.242 e. The number of para-hydroxylation sites is 1. The van der Waals surface area contributed by atoms with E-state index in [1.54, 1.807) is 37.7 Å². The van der Waals surface area contributed by atoms with Gasteiger partial charge in [0.05, 0.1) is 28.6 Å². The lowest BCUT2D eigenvalue weighted by atomic mass is 10.2. The van der Waals surface area contributed by atoms with E-state index in [0.717, 1.165) is 11.5 Å². The molecule has 176 valence electrons. The summed E-state index contributed by atoms with van der Waals surface area (Å²) in [7, 11) is -0.720. The van der Waals surface area contributed by atoms with E-state index in [9.17, 15) is 8.42 Å². The third-order valence-corrected chi connectivity index (χ3v) is 7.03. The van der Waals surface area contributed by atoms with Crippen LogP contribution in [0.1, 0.15) is 5.82 Å². The summed E-state index contributed by atoms with van der Waals surface area (Å²) in [6.45, 7) is 1.92. The normalized spacial score (nSPS) is 11.3. The number of hydrogen-bond donors (Lipinski definition) is 3. The van der Waals surface area contributed by atoms with Crippen molar-refractivity contribution >= 4 is 49.1 Å². The van der Waals surface area contributed by atoms with Crippen molar-refractivity contribution in [1.29, 1.82) is 0 Å². The number of benzene rings is 2. The maximum atomic E-state index is 12.4. The Morgan fingerprint density at radius 1 is 1.06 bits per heavy atom. The second kappa shape index (κ2) is 9.79. The van der Waals surface area contributed by atoms with Gasteiger partial charge in [0, 0.05) is 24.7 Å². The quantitative estimate of drug-likeness (QED) is 0.303. The van der Waals surface area contributed by atoms with E-state index in [1.165, 1.54) is 13.1 Å². The van der Waals surface area contributed by atoms with Gasteiger partial charge in [-0.2, -0.15) is 4.98 Å². The van der Waals surface area contributed by atoms with Gasteiger partial charge in [-0.3, -0.25) is 0 Å². The van der Waals surface area contributed by atoms with E-state index in [4.69, 9.17) is 4.74 Å². The molecule has 0 fully saturated rings. The molecule has 2 aromatic carbocycles. The Morgan fingerprint density at radius 3 is 2.56 bits per heavy atom. The van der Waals surface area contributed by atoms with Crippen molar-refractivity contribution < 1.29 is 13.2 Å². The van der Waals surface area contributed by atoms with Crippen molar-refractivity contribution in [2.75, 3.05) is 24.8 Å². The summed E-state index contributed by atoms with van der Waals surface area (Å²) in [6.07, 6.45) is 5.18. The second-order valence-corrected chi connectivity index (χ2v) is 9.78. The van der Waals surface area contributed by atoms with Crippen molar-refractivity contribution in [3.05, 3.63) is 71.4 Å². The molecule has 3 N–H and O–H groups in total. The fourth-order valence-corrected chi connectivity index (χ4v) is 4.44. The zero-order valence-corrected chi connectivity index (χ0v) is 21.0. The van der Waals surface area contributed by atoms with Crippen LogP contribution in [0.3, 0.4) is 0 Å². The summed E-state index contributed by atoms with van der Waals surface area (Å²) >= 11 is 3.42. The first-order valence-electron chi connectivity index (χ1n) is 10.1. The molecule has 0 radical (unpaired) electrons. The summed E-state index contributed by atoms with van der Waals surface area (Å²) in [4.78, 5) is 13.2. The van der Waals surface area contributed by atoms with Gasteiger partial charge in [-0.1, -0.05) is 12.1 Å². The SMILES string of the molecule is CNS(=O)(=O)c1ccccc1Nc1nc(Nc2ccc(-n3ccnc3C)cc2OC)ncc1Br. The van der Waals surface area contributed by atoms with E-state index in [1.807, 2.05) is 35.9 Å². The molecule has 0 aliphatic heterocycles. The number of imidazole rings is 1. The Hall–Kier alpha value is -3.48. The lowest BCUT2D eigenvalue weighted by Crippen LogP contribution is -2.19. The molecule has 0 aliphatic carbocycles. The van der Waals surface area contributed by atoms with Crippen LogP contribution < -0.4 is 20.1 Å². The van der Waals surface area contributed by atoms with Gasteiger partial charge < -0.3 is 19.9 Å². The first-order chi connectivity index (χ1) is 16.3. The third-order valence-electron chi connectivity index (χ3n) is 4.98. The van der Waals surface area contributed by atoms with Gasteiger partial charge in [0.2, 0.25) is 16.0 Å². The summed E-state index contributed by atoms with van der Waals surface area (Å²) in [5.74, 6) is 2.14. The molecule has 0 saturated carbocycles. The number of aromatic nitrogens is 4. The zero-order valence-electron chi connectivity index (χ0n) is 18.6. The number of rotatable bonds is 8. The number of hydrogen-bond acceptors (Lipinski definition) is 8. The lowest BCUT2D eigenvalue weighted by molar-refractivity contribution is 0.416. The highest BCUT2D eigenvalue weighted by atomic mass is 79.9. The minimum Gasteiger partial charge on any atom is -0.494 e. The van der Waals surface area contributed by atoms with Crippen molar-refractivity contribution in [3.8, 4) is 11.4 Å². The van der Waals surface area contributed by atoms with E-state index >= 15 is 0 Å².